The molecule has 1 atom stereocenters. The van der Waals surface area contributed by atoms with Crippen molar-refractivity contribution >= 4 is 15.9 Å². The quantitative estimate of drug-likeness (QED) is 0.917. The lowest BCUT2D eigenvalue weighted by Crippen LogP contribution is -2.23. The van der Waals surface area contributed by atoms with Crippen LogP contribution in [0.4, 0.5) is 0 Å². The van der Waals surface area contributed by atoms with Crippen molar-refractivity contribution in [1.29, 1.82) is 0 Å². The van der Waals surface area contributed by atoms with Crippen LogP contribution in [0.3, 0.4) is 0 Å². The van der Waals surface area contributed by atoms with Crippen LogP contribution in [0, 0.1) is 6.92 Å². The number of nitrogens with zero attached hydrogens (tertiary/aromatic N) is 2. The van der Waals surface area contributed by atoms with Crippen molar-refractivity contribution in [3.8, 4) is 0 Å². The fourth-order valence-electron chi connectivity index (χ4n) is 2.13. The summed E-state index contributed by atoms with van der Waals surface area (Å²) in [6, 6.07) is 4.57. The molecule has 2 heterocycles. The van der Waals surface area contributed by atoms with E-state index in [1.54, 1.807) is 6.20 Å². The molecule has 0 spiro atoms. The maximum atomic E-state index is 4.28. The van der Waals surface area contributed by atoms with E-state index in [1.165, 1.54) is 16.7 Å². The van der Waals surface area contributed by atoms with E-state index < -0.39 is 0 Å². The maximum absolute atomic E-state index is 4.28. The molecule has 0 aliphatic heterocycles. The van der Waals surface area contributed by atoms with Crippen LogP contribution in [0.25, 0.3) is 0 Å². The molecule has 2 aromatic rings. The van der Waals surface area contributed by atoms with Crippen molar-refractivity contribution < 1.29 is 0 Å². The Labute approximate surface area is 122 Å². The van der Waals surface area contributed by atoms with E-state index in [-0.39, 0.29) is 6.04 Å². The molecular weight excluding hydrogens is 302 g/mol. The van der Waals surface area contributed by atoms with E-state index in [9.17, 15) is 0 Å². The zero-order valence-electron chi connectivity index (χ0n) is 11.2. The Bertz CT molecular complexity index is 542. The molecule has 2 rings (SSSR count). The van der Waals surface area contributed by atoms with E-state index in [4.69, 9.17) is 0 Å². The zero-order chi connectivity index (χ0) is 13.7. The van der Waals surface area contributed by atoms with Crippen molar-refractivity contribution in [1.82, 2.24) is 15.3 Å². The number of nitrogens with one attached hydrogen (secondary N) is 1. The second kappa shape index (κ2) is 6.78. The average Bonchev–Trinajstić information content (AvgIpc) is 2.38. The third-order valence-electron chi connectivity index (χ3n) is 2.95. The first kappa shape index (κ1) is 14.2. The molecule has 0 bridgehead atoms. The smallest absolute Gasteiger partial charge is 0.0410 e. The van der Waals surface area contributed by atoms with Gasteiger partial charge in [-0.15, -0.1) is 0 Å². The van der Waals surface area contributed by atoms with Gasteiger partial charge in [-0.1, -0.05) is 13.0 Å². The lowest BCUT2D eigenvalue weighted by molar-refractivity contribution is 0.547. The molecule has 0 saturated heterocycles. The minimum atomic E-state index is 0.272. The van der Waals surface area contributed by atoms with E-state index >= 15 is 0 Å². The second-order valence-electron chi connectivity index (χ2n) is 4.62. The molecule has 0 aliphatic rings. The first-order valence-electron chi connectivity index (χ1n) is 6.43. The average molecular weight is 320 g/mol. The monoisotopic (exact) mass is 319 g/mol. The first-order valence-corrected chi connectivity index (χ1v) is 7.22. The van der Waals surface area contributed by atoms with Crippen LogP contribution in [0.15, 0.2) is 41.4 Å². The van der Waals surface area contributed by atoms with Gasteiger partial charge in [0.05, 0.1) is 0 Å². The minimum Gasteiger partial charge on any atom is -0.310 e. The van der Waals surface area contributed by atoms with Gasteiger partial charge >= 0.3 is 0 Å². The molecule has 0 radical (unpaired) electrons. The van der Waals surface area contributed by atoms with E-state index in [1.807, 2.05) is 18.6 Å². The van der Waals surface area contributed by atoms with Gasteiger partial charge in [0.2, 0.25) is 0 Å². The van der Waals surface area contributed by atoms with Crippen LogP contribution in [-0.2, 0) is 6.42 Å². The normalized spacial score (nSPS) is 12.4. The molecule has 0 fully saturated rings. The summed E-state index contributed by atoms with van der Waals surface area (Å²) in [6.45, 7) is 5.12. The van der Waals surface area contributed by atoms with E-state index in [0.29, 0.717) is 0 Å². The number of hydrogen-bond acceptors (Lipinski definition) is 3. The second-order valence-corrected chi connectivity index (χ2v) is 5.54. The Hall–Kier alpha value is -1.26. The molecular formula is C15H18BrN3. The van der Waals surface area contributed by atoms with Gasteiger partial charge in [0.25, 0.3) is 0 Å². The third kappa shape index (κ3) is 4.11. The fourth-order valence-corrected chi connectivity index (χ4v) is 2.54. The predicted octanol–water partition coefficient (Wildman–Crippen LogP) is 3.44. The van der Waals surface area contributed by atoms with Crippen molar-refractivity contribution in [2.75, 3.05) is 6.54 Å². The third-order valence-corrected chi connectivity index (χ3v) is 3.38. The van der Waals surface area contributed by atoms with Crippen LogP contribution in [0.1, 0.15) is 29.7 Å². The molecule has 3 nitrogen and oxygen atoms in total. The number of halogens is 1. The summed E-state index contributed by atoms with van der Waals surface area (Å²) in [5.74, 6) is 0. The highest BCUT2D eigenvalue weighted by Gasteiger charge is 2.12. The summed E-state index contributed by atoms with van der Waals surface area (Å²) < 4.78 is 1.02. The predicted molar refractivity (Wildman–Crippen MR) is 81.0 cm³/mol. The number of aromatic nitrogens is 2. The summed E-state index contributed by atoms with van der Waals surface area (Å²) in [7, 11) is 0. The highest BCUT2D eigenvalue weighted by Crippen LogP contribution is 2.20. The first-order chi connectivity index (χ1) is 9.19. The largest absolute Gasteiger partial charge is 0.310 e. The van der Waals surface area contributed by atoms with Gasteiger partial charge in [-0.25, -0.2) is 0 Å². The summed E-state index contributed by atoms with van der Waals surface area (Å²) in [4.78, 5) is 8.50. The molecule has 2 aromatic heterocycles. The Morgan fingerprint density at radius 3 is 2.63 bits per heavy atom. The van der Waals surface area contributed by atoms with Crippen LogP contribution < -0.4 is 5.32 Å². The SMILES string of the molecule is CCNC(Cc1cncc(Br)c1)c1cncc(C)c1. The van der Waals surface area contributed by atoms with Crippen LogP contribution >= 0.6 is 15.9 Å². The molecule has 19 heavy (non-hydrogen) atoms. The number of likely N-dealkylation sites (N-methyl/N-ethyl adjacent to an activating group) is 1. The summed E-state index contributed by atoms with van der Waals surface area (Å²) in [6.07, 6.45) is 8.45. The lowest BCUT2D eigenvalue weighted by atomic mass is 10.0. The Balaban J connectivity index is 2.21. The molecule has 0 amide bonds. The number of hydrogen-bond donors (Lipinski definition) is 1. The standard InChI is InChI=1S/C15H18BrN3/c1-3-19-15(13-4-11(2)7-17-9-13)6-12-5-14(16)10-18-8-12/h4-5,7-10,15,19H,3,6H2,1-2H3. The van der Waals surface area contributed by atoms with Crippen molar-refractivity contribution in [3.63, 3.8) is 0 Å². The van der Waals surface area contributed by atoms with Crippen molar-refractivity contribution in [2.24, 2.45) is 0 Å². The van der Waals surface area contributed by atoms with Crippen LogP contribution in [0.5, 0.6) is 0 Å². The number of aryl methyl sites for hydroxylation is 1. The van der Waals surface area contributed by atoms with Gasteiger partial charge in [-0.05, 0) is 58.6 Å². The van der Waals surface area contributed by atoms with Crippen LogP contribution in [0.2, 0.25) is 0 Å². The van der Waals surface area contributed by atoms with Crippen molar-refractivity contribution in [3.05, 3.63) is 58.1 Å². The Morgan fingerprint density at radius 2 is 1.95 bits per heavy atom. The Kier molecular flexibility index (Phi) is 5.05. The highest BCUT2D eigenvalue weighted by atomic mass is 79.9. The lowest BCUT2D eigenvalue weighted by Gasteiger charge is -2.18. The van der Waals surface area contributed by atoms with Gasteiger partial charge in [0.15, 0.2) is 0 Å². The molecule has 100 valence electrons. The molecule has 1 N–H and O–H groups in total. The van der Waals surface area contributed by atoms with Crippen molar-refractivity contribution in [2.45, 2.75) is 26.3 Å². The molecule has 1 unspecified atom stereocenters. The van der Waals surface area contributed by atoms with E-state index in [2.05, 4.69) is 57.2 Å². The highest BCUT2D eigenvalue weighted by molar-refractivity contribution is 9.10. The fraction of sp³-hybridized carbons (Fsp3) is 0.333. The van der Waals surface area contributed by atoms with Gasteiger partial charge in [0, 0.05) is 35.3 Å². The number of pyridine rings is 2. The zero-order valence-corrected chi connectivity index (χ0v) is 12.8. The van der Waals surface area contributed by atoms with Gasteiger partial charge in [0.1, 0.15) is 0 Å². The minimum absolute atomic E-state index is 0.272. The summed E-state index contributed by atoms with van der Waals surface area (Å²) in [5, 5.41) is 3.51. The van der Waals surface area contributed by atoms with Gasteiger partial charge < -0.3 is 5.32 Å². The number of rotatable bonds is 5. The molecule has 0 aromatic carbocycles. The maximum Gasteiger partial charge on any atom is 0.0410 e. The molecule has 0 saturated carbocycles. The molecule has 4 heteroatoms. The summed E-state index contributed by atoms with van der Waals surface area (Å²) in [5.41, 5.74) is 3.62. The van der Waals surface area contributed by atoms with Crippen LogP contribution in [-0.4, -0.2) is 16.5 Å². The van der Waals surface area contributed by atoms with Gasteiger partial charge in [-0.2, -0.15) is 0 Å². The Morgan fingerprint density at radius 1 is 1.16 bits per heavy atom. The van der Waals surface area contributed by atoms with E-state index in [0.717, 1.165) is 17.4 Å². The summed E-state index contributed by atoms with van der Waals surface area (Å²) >= 11 is 3.46. The van der Waals surface area contributed by atoms with Gasteiger partial charge in [-0.3, -0.25) is 9.97 Å². The topological polar surface area (TPSA) is 37.8 Å². The molecule has 0 aliphatic carbocycles.